The van der Waals surface area contributed by atoms with Crippen LogP contribution in [0.2, 0.25) is 0 Å². The third kappa shape index (κ3) is 9.17. The minimum atomic E-state index is 0.387. The molecule has 0 spiro atoms. The van der Waals surface area contributed by atoms with Gasteiger partial charge in [-0.1, -0.05) is 41.0 Å². The van der Waals surface area contributed by atoms with Gasteiger partial charge in [-0.15, -0.1) is 0 Å². The Bertz CT molecular complexity index is 148. The lowest BCUT2D eigenvalue weighted by Gasteiger charge is -2.20. The molecule has 16 heavy (non-hydrogen) atoms. The van der Waals surface area contributed by atoms with E-state index in [1.165, 1.54) is 12.8 Å². The van der Waals surface area contributed by atoms with Crippen LogP contribution in [0, 0.1) is 11.8 Å². The van der Waals surface area contributed by atoms with Crippen molar-refractivity contribution in [1.82, 2.24) is 5.32 Å². The van der Waals surface area contributed by atoms with Crippen LogP contribution < -0.4 is 5.32 Å². The first-order valence-electron chi connectivity index (χ1n) is 6.92. The van der Waals surface area contributed by atoms with Crippen molar-refractivity contribution in [3.05, 3.63) is 0 Å². The van der Waals surface area contributed by atoms with Crippen LogP contribution in [0.25, 0.3) is 0 Å². The van der Waals surface area contributed by atoms with Gasteiger partial charge in [-0.05, 0) is 31.2 Å². The minimum Gasteiger partial charge on any atom is -0.377 e. The molecule has 0 aromatic heterocycles. The Labute approximate surface area is 102 Å². The Balaban J connectivity index is 3.58. The van der Waals surface area contributed by atoms with E-state index in [9.17, 15) is 0 Å². The number of rotatable bonds is 10. The van der Waals surface area contributed by atoms with Crippen molar-refractivity contribution < 1.29 is 4.74 Å². The fraction of sp³-hybridized carbons (Fsp3) is 1.00. The largest absolute Gasteiger partial charge is 0.377 e. The standard InChI is InChI=1S/C14H31NO/c1-6-8-13(5)11-16-14(7-2)10-15-9-12(3)4/h12-15H,6-11H2,1-5H3. The minimum absolute atomic E-state index is 0.387. The molecule has 0 fully saturated rings. The summed E-state index contributed by atoms with van der Waals surface area (Å²) in [7, 11) is 0. The molecule has 0 aliphatic heterocycles. The van der Waals surface area contributed by atoms with Gasteiger partial charge in [0.05, 0.1) is 6.10 Å². The highest BCUT2D eigenvalue weighted by molar-refractivity contribution is 4.62. The van der Waals surface area contributed by atoms with Gasteiger partial charge < -0.3 is 10.1 Å². The first-order chi connectivity index (χ1) is 7.60. The fourth-order valence-corrected chi connectivity index (χ4v) is 1.73. The summed E-state index contributed by atoms with van der Waals surface area (Å²) in [5, 5.41) is 3.47. The molecule has 2 heteroatoms. The third-order valence-corrected chi connectivity index (χ3v) is 2.78. The summed E-state index contributed by atoms with van der Waals surface area (Å²) in [6.07, 6.45) is 4.02. The maximum Gasteiger partial charge on any atom is 0.0696 e. The molecular weight excluding hydrogens is 198 g/mol. The number of hydrogen-bond donors (Lipinski definition) is 1. The van der Waals surface area contributed by atoms with Crippen LogP contribution in [0.15, 0.2) is 0 Å². The Kier molecular flexibility index (Phi) is 10.0. The summed E-state index contributed by atoms with van der Waals surface area (Å²) >= 11 is 0. The van der Waals surface area contributed by atoms with E-state index in [4.69, 9.17) is 4.74 Å². The van der Waals surface area contributed by atoms with Gasteiger partial charge in [0.15, 0.2) is 0 Å². The number of ether oxygens (including phenoxy) is 1. The number of hydrogen-bond acceptors (Lipinski definition) is 2. The highest BCUT2D eigenvalue weighted by Crippen LogP contribution is 2.08. The lowest BCUT2D eigenvalue weighted by molar-refractivity contribution is 0.0286. The average molecular weight is 229 g/mol. The maximum absolute atomic E-state index is 5.92. The quantitative estimate of drug-likeness (QED) is 0.619. The molecule has 0 saturated heterocycles. The summed E-state index contributed by atoms with van der Waals surface area (Å²) in [6, 6.07) is 0. The Hall–Kier alpha value is -0.0800. The summed E-state index contributed by atoms with van der Waals surface area (Å²) in [4.78, 5) is 0. The lowest BCUT2D eigenvalue weighted by Crippen LogP contribution is -2.32. The van der Waals surface area contributed by atoms with Crippen LogP contribution in [0.4, 0.5) is 0 Å². The molecule has 0 saturated carbocycles. The highest BCUT2D eigenvalue weighted by atomic mass is 16.5. The van der Waals surface area contributed by atoms with Crippen molar-refractivity contribution in [2.45, 2.75) is 60.0 Å². The predicted molar refractivity (Wildman–Crippen MR) is 71.8 cm³/mol. The SMILES string of the molecule is CCCC(C)COC(CC)CNCC(C)C. The molecule has 0 aromatic carbocycles. The molecule has 1 N–H and O–H groups in total. The fourth-order valence-electron chi connectivity index (χ4n) is 1.73. The molecule has 2 atom stereocenters. The third-order valence-electron chi connectivity index (χ3n) is 2.78. The summed E-state index contributed by atoms with van der Waals surface area (Å²) in [6.45, 7) is 14.2. The predicted octanol–water partition coefficient (Wildman–Crippen LogP) is 3.46. The van der Waals surface area contributed by atoms with Gasteiger partial charge >= 0.3 is 0 Å². The lowest BCUT2D eigenvalue weighted by atomic mass is 10.1. The molecule has 0 aliphatic carbocycles. The second kappa shape index (κ2) is 10.1. The van der Waals surface area contributed by atoms with E-state index in [1.807, 2.05) is 0 Å². The molecule has 0 rings (SSSR count). The molecule has 98 valence electrons. The topological polar surface area (TPSA) is 21.3 Å². The van der Waals surface area contributed by atoms with Crippen molar-refractivity contribution >= 4 is 0 Å². The molecule has 0 amide bonds. The van der Waals surface area contributed by atoms with Crippen LogP contribution in [-0.2, 0) is 4.74 Å². The Morgan fingerprint density at radius 1 is 1.06 bits per heavy atom. The van der Waals surface area contributed by atoms with E-state index in [0.717, 1.165) is 32.0 Å². The van der Waals surface area contributed by atoms with E-state index in [2.05, 4.69) is 39.9 Å². The molecule has 0 aromatic rings. The zero-order valence-electron chi connectivity index (χ0n) is 11.9. The molecular formula is C14H31NO. The molecule has 2 unspecified atom stereocenters. The zero-order chi connectivity index (χ0) is 12.4. The summed E-state index contributed by atoms with van der Waals surface area (Å²) < 4.78 is 5.92. The van der Waals surface area contributed by atoms with Crippen molar-refractivity contribution in [2.75, 3.05) is 19.7 Å². The van der Waals surface area contributed by atoms with Gasteiger partial charge in [0.2, 0.25) is 0 Å². The van der Waals surface area contributed by atoms with Gasteiger partial charge in [-0.25, -0.2) is 0 Å². The molecule has 0 aliphatic rings. The average Bonchev–Trinajstić information content (AvgIpc) is 2.23. The second-order valence-electron chi connectivity index (χ2n) is 5.31. The van der Waals surface area contributed by atoms with E-state index < -0.39 is 0 Å². The molecule has 0 radical (unpaired) electrons. The normalized spacial score (nSPS) is 15.4. The van der Waals surface area contributed by atoms with E-state index in [-0.39, 0.29) is 0 Å². The molecule has 2 nitrogen and oxygen atoms in total. The monoisotopic (exact) mass is 229 g/mol. The Morgan fingerprint density at radius 2 is 1.75 bits per heavy atom. The van der Waals surface area contributed by atoms with Crippen LogP contribution in [0.5, 0.6) is 0 Å². The van der Waals surface area contributed by atoms with Gasteiger partial charge in [0.1, 0.15) is 0 Å². The molecule has 0 bridgehead atoms. The Morgan fingerprint density at radius 3 is 2.25 bits per heavy atom. The van der Waals surface area contributed by atoms with Gasteiger partial charge in [-0.2, -0.15) is 0 Å². The van der Waals surface area contributed by atoms with Crippen LogP contribution >= 0.6 is 0 Å². The van der Waals surface area contributed by atoms with E-state index in [0.29, 0.717) is 12.0 Å². The first kappa shape index (κ1) is 15.9. The summed E-state index contributed by atoms with van der Waals surface area (Å²) in [5.74, 6) is 1.42. The van der Waals surface area contributed by atoms with Crippen molar-refractivity contribution in [3.63, 3.8) is 0 Å². The number of nitrogens with one attached hydrogen (secondary N) is 1. The first-order valence-corrected chi connectivity index (χ1v) is 6.92. The molecule has 0 heterocycles. The van der Waals surface area contributed by atoms with Crippen LogP contribution in [0.3, 0.4) is 0 Å². The zero-order valence-corrected chi connectivity index (χ0v) is 11.9. The summed E-state index contributed by atoms with van der Waals surface area (Å²) in [5.41, 5.74) is 0. The van der Waals surface area contributed by atoms with Crippen molar-refractivity contribution in [3.8, 4) is 0 Å². The second-order valence-corrected chi connectivity index (χ2v) is 5.31. The van der Waals surface area contributed by atoms with Crippen LogP contribution in [-0.4, -0.2) is 25.8 Å². The smallest absolute Gasteiger partial charge is 0.0696 e. The van der Waals surface area contributed by atoms with Crippen molar-refractivity contribution in [2.24, 2.45) is 11.8 Å². The van der Waals surface area contributed by atoms with E-state index >= 15 is 0 Å². The maximum atomic E-state index is 5.92. The van der Waals surface area contributed by atoms with Gasteiger partial charge in [-0.3, -0.25) is 0 Å². The van der Waals surface area contributed by atoms with E-state index in [1.54, 1.807) is 0 Å². The van der Waals surface area contributed by atoms with Gasteiger partial charge in [0.25, 0.3) is 0 Å². The van der Waals surface area contributed by atoms with Crippen LogP contribution in [0.1, 0.15) is 53.9 Å². The van der Waals surface area contributed by atoms with Crippen molar-refractivity contribution in [1.29, 1.82) is 0 Å². The highest BCUT2D eigenvalue weighted by Gasteiger charge is 2.09. The van der Waals surface area contributed by atoms with Gasteiger partial charge in [0, 0.05) is 13.2 Å².